The molecule has 0 spiro atoms. The van der Waals surface area contributed by atoms with Crippen molar-refractivity contribution in [3.8, 4) is 0 Å². The van der Waals surface area contributed by atoms with Crippen LogP contribution in [0.5, 0.6) is 0 Å². The lowest BCUT2D eigenvalue weighted by atomic mass is 9.64. The quantitative estimate of drug-likeness (QED) is 0.881. The molecule has 0 aliphatic heterocycles. The Kier molecular flexibility index (Phi) is 3.00. The Morgan fingerprint density at radius 1 is 1.00 bits per heavy atom. The molecule has 0 aromatic heterocycles. The predicted octanol–water partition coefficient (Wildman–Crippen LogP) is 4.56. The Morgan fingerprint density at radius 3 is 2.38 bits per heavy atom. The standard InChI is InChI=1S/C21H23NO2/c1-19(2)20(3)11-12-21(19,13-17(20)23)18(24)22-16-10-6-8-14-7-4-5-9-15(14)16/h4-10H,11-13H2,1-3H3,(H,22,24)/t20-,21-/m1/s1. The van der Waals surface area contributed by atoms with Crippen LogP contribution in [0.1, 0.15) is 40.0 Å². The van der Waals surface area contributed by atoms with Crippen LogP contribution in [0.4, 0.5) is 5.69 Å². The van der Waals surface area contributed by atoms with Gasteiger partial charge in [-0.3, -0.25) is 9.59 Å². The largest absolute Gasteiger partial charge is 0.325 e. The number of hydrogen-bond donors (Lipinski definition) is 1. The lowest BCUT2D eigenvalue weighted by Gasteiger charge is -2.38. The molecule has 3 nitrogen and oxygen atoms in total. The van der Waals surface area contributed by atoms with Gasteiger partial charge in [0.1, 0.15) is 5.78 Å². The van der Waals surface area contributed by atoms with Crippen LogP contribution in [0.25, 0.3) is 10.8 Å². The van der Waals surface area contributed by atoms with Gasteiger partial charge < -0.3 is 5.32 Å². The highest BCUT2D eigenvalue weighted by atomic mass is 16.2. The Morgan fingerprint density at radius 2 is 1.71 bits per heavy atom. The average Bonchev–Trinajstić information content (AvgIpc) is 2.85. The Bertz CT molecular complexity index is 864. The lowest BCUT2D eigenvalue weighted by molar-refractivity contribution is -0.131. The van der Waals surface area contributed by atoms with Crippen molar-refractivity contribution in [2.24, 2.45) is 16.2 Å². The summed E-state index contributed by atoms with van der Waals surface area (Å²) in [6.07, 6.45) is 1.97. The number of benzene rings is 2. The van der Waals surface area contributed by atoms with Crippen LogP contribution in [-0.2, 0) is 9.59 Å². The number of carbonyl (C=O) groups excluding carboxylic acids is 2. The minimum atomic E-state index is -0.588. The van der Waals surface area contributed by atoms with Crippen LogP contribution >= 0.6 is 0 Å². The number of rotatable bonds is 2. The maximum absolute atomic E-state index is 13.3. The highest BCUT2D eigenvalue weighted by Gasteiger charge is 2.72. The summed E-state index contributed by atoms with van der Waals surface area (Å²) in [5.74, 6) is 0.241. The van der Waals surface area contributed by atoms with Gasteiger partial charge in [0.25, 0.3) is 0 Å². The summed E-state index contributed by atoms with van der Waals surface area (Å²) in [5.41, 5.74) is -0.443. The van der Waals surface area contributed by atoms with Gasteiger partial charge in [0.15, 0.2) is 0 Å². The number of amides is 1. The fourth-order valence-corrected chi connectivity index (χ4v) is 4.94. The molecular formula is C21H23NO2. The molecule has 2 aliphatic rings. The molecule has 2 bridgehead atoms. The van der Waals surface area contributed by atoms with Crippen molar-refractivity contribution in [2.45, 2.75) is 40.0 Å². The average molecular weight is 321 g/mol. The summed E-state index contributed by atoms with van der Waals surface area (Å²) in [5, 5.41) is 5.28. The zero-order valence-corrected chi connectivity index (χ0v) is 14.5. The SMILES string of the molecule is CC1(C)[C@]2(C(=O)Nc3cccc4ccccc34)CC[C@]1(C)C(=O)C2. The first kappa shape index (κ1) is 15.4. The van der Waals surface area contributed by atoms with E-state index < -0.39 is 5.41 Å². The molecule has 24 heavy (non-hydrogen) atoms. The fourth-order valence-electron chi connectivity index (χ4n) is 4.94. The zero-order chi connectivity index (χ0) is 17.2. The number of fused-ring (bicyclic) bond motifs is 3. The van der Waals surface area contributed by atoms with Gasteiger partial charge in [0.05, 0.1) is 5.41 Å². The van der Waals surface area contributed by atoms with Gasteiger partial charge in [-0.1, -0.05) is 57.2 Å². The smallest absolute Gasteiger partial charge is 0.231 e. The molecule has 124 valence electrons. The normalized spacial score (nSPS) is 30.7. The van der Waals surface area contributed by atoms with Crippen molar-refractivity contribution in [1.29, 1.82) is 0 Å². The zero-order valence-electron chi connectivity index (χ0n) is 14.5. The second-order valence-corrected chi connectivity index (χ2v) is 8.12. The number of nitrogens with one attached hydrogen (secondary N) is 1. The highest BCUT2D eigenvalue weighted by Crippen LogP contribution is 2.70. The Balaban J connectivity index is 1.74. The Labute approximate surface area is 142 Å². The molecule has 2 aromatic rings. The summed E-state index contributed by atoms with van der Waals surface area (Å²) in [4.78, 5) is 25.8. The number of anilines is 1. The van der Waals surface area contributed by atoms with E-state index in [2.05, 4.69) is 19.2 Å². The molecule has 0 unspecified atom stereocenters. The van der Waals surface area contributed by atoms with E-state index in [9.17, 15) is 9.59 Å². The highest BCUT2D eigenvalue weighted by molar-refractivity contribution is 6.08. The first-order chi connectivity index (χ1) is 11.3. The van der Waals surface area contributed by atoms with Crippen molar-refractivity contribution in [1.82, 2.24) is 0 Å². The summed E-state index contributed by atoms with van der Waals surface area (Å²) >= 11 is 0. The van der Waals surface area contributed by atoms with Gasteiger partial charge >= 0.3 is 0 Å². The van der Waals surface area contributed by atoms with Gasteiger partial charge in [-0.15, -0.1) is 0 Å². The minimum absolute atomic E-state index is 0.00146. The third-order valence-electron chi connectivity index (χ3n) is 7.18. The lowest BCUT2D eigenvalue weighted by Crippen LogP contribution is -2.43. The number of hydrogen-bond acceptors (Lipinski definition) is 2. The molecule has 2 saturated carbocycles. The van der Waals surface area contributed by atoms with Crippen LogP contribution in [0.2, 0.25) is 0 Å². The molecule has 3 heteroatoms. The third kappa shape index (κ3) is 1.68. The van der Waals surface area contributed by atoms with Crippen LogP contribution in [-0.4, -0.2) is 11.7 Å². The van der Waals surface area contributed by atoms with Gasteiger partial charge in [-0.2, -0.15) is 0 Å². The summed E-state index contributed by atoms with van der Waals surface area (Å²) in [6, 6.07) is 14.0. The topological polar surface area (TPSA) is 46.2 Å². The first-order valence-electron chi connectivity index (χ1n) is 8.64. The van der Waals surface area contributed by atoms with Crippen molar-refractivity contribution < 1.29 is 9.59 Å². The molecule has 1 N–H and O–H groups in total. The number of carbonyl (C=O) groups is 2. The third-order valence-corrected chi connectivity index (χ3v) is 7.18. The van der Waals surface area contributed by atoms with E-state index in [0.717, 1.165) is 29.3 Å². The van der Waals surface area contributed by atoms with E-state index in [0.29, 0.717) is 6.42 Å². The predicted molar refractivity (Wildman–Crippen MR) is 95.8 cm³/mol. The van der Waals surface area contributed by atoms with E-state index in [1.807, 2.05) is 49.4 Å². The van der Waals surface area contributed by atoms with E-state index >= 15 is 0 Å². The van der Waals surface area contributed by atoms with Gasteiger partial charge in [-0.05, 0) is 29.7 Å². The molecule has 2 aromatic carbocycles. The van der Waals surface area contributed by atoms with Crippen LogP contribution in [0.3, 0.4) is 0 Å². The van der Waals surface area contributed by atoms with Gasteiger partial charge in [-0.25, -0.2) is 0 Å². The van der Waals surface area contributed by atoms with E-state index in [4.69, 9.17) is 0 Å². The second kappa shape index (κ2) is 4.69. The van der Waals surface area contributed by atoms with Crippen molar-refractivity contribution in [3.05, 3.63) is 42.5 Å². The molecule has 2 fully saturated rings. The maximum atomic E-state index is 13.3. The summed E-state index contributed by atoms with van der Waals surface area (Å²) in [7, 11) is 0. The molecule has 4 rings (SSSR count). The molecule has 1 amide bonds. The maximum Gasteiger partial charge on any atom is 0.231 e. The molecule has 0 radical (unpaired) electrons. The van der Waals surface area contributed by atoms with Crippen molar-refractivity contribution >= 4 is 28.2 Å². The first-order valence-corrected chi connectivity index (χ1v) is 8.64. The molecule has 0 heterocycles. The molecule has 2 atom stereocenters. The Hall–Kier alpha value is -2.16. The van der Waals surface area contributed by atoms with Gasteiger partial charge in [0.2, 0.25) is 5.91 Å². The molecular weight excluding hydrogens is 298 g/mol. The monoisotopic (exact) mass is 321 g/mol. The van der Waals surface area contributed by atoms with Gasteiger partial charge in [0, 0.05) is 22.9 Å². The summed E-state index contributed by atoms with van der Waals surface area (Å²) < 4.78 is 0. The molecule has 2 aliphatic carbocycles. The van der Waals surface area contributed by atoms with Crippen LogP contribution in [0, 0.1) is 16.2 Å². The number of Topliss-reactive ketones (excluding diaryl/α,β-unsaturated/α-hetero) is 1. The number of ketones is 1. The van der Waals surface area contributed by atoms with Crippen LogP contribution in [0.15, 0.2) is 42.5 Å². The molecule has 0 saturated heterocycles. The van der Waals surface area contributed by atoms with E-state index in [1.165, 1.54) is 0 Å². The second-order valence-electron chi connectivity index (χ2n) is 8.12. The van der Waals surface area contributed by atoms with Crippen molar-refractivity contribution in [2.75, 3.05) is 5.32 Å². The van der Waals surface area contributed by atoms with Crippen molar-refractivity contribution in [3.63, 3.8) is 0 Å². The van der Waals surface area contributed by atoms with E-state index in [1.54, 1.807) is 0 Å². The fraction of sp³-hybridized carbons (Fsp3) is 0.429. The minimum Gasteiger partial charge on any atom is -0.325 e. The summed E-state index contributed by atoms with van der Waals surface area (Å²) in [6.45, 7) is 6.22. The van der Waals surface area contributed by atoms with E-state index in [-0.39, 0.29) is 22.5 Å². The van der Waals surface area contributed by atoms with Crippen LogP contribution < -0.4 is 5.32 Å².